The largest absolute Gasteiger partial charge is 0.294 e. The maximum absolute atomic E-state index is 12.1. The fourth-order valence-corrected chi connectivity index (χ4v) is 2.77. The molecule has 18 heavy (non-hydrogen) atoms. The van der Waals surface area contributed by atoms with Gasteiger partial charge in [-0.25, -0.2) is 0 Å². The van der Waals surface area contributed by atoms with Gasteiger partial charge >= 0.3 is 0 Å². The van der Waals surface area contributed by atoms with Crippen molar-refractivity contribution in [3.63, 3.8) is 0 Å². The summed E-state index contributed by atoms with van der Waals surface area (Å²) in [5, 5.41) is 0. The number of benzene rings is 1. The highest BCUT2D eigenvalue weighted by Crippen LogP contribution is 2.37. The van der Waals surface area contributed by atoms with Gasteiger partial charge in [-0.15, -0.1) is 0 Å². The summed E-state index contributed by atoms with van der Waals surface area (Å²) in [5.74, 6) is 0.298. The van der Waals surface area contributed by atoms with Crippen LogP contribution in [0.4, 0.5) is 0 Å². The van der Waals surface area contributed by atoms with Crippen molar-refractivity contribution < 1.29 is 4.79 Å². The Labute approximate surface area is 108 Å². The summed E-state index contributed by atoms with van der Waals surface area (Å²) in [5.41, 5.74) is 4.65. The second kappa shape index (κ2) is 4.77. The molecule has 90 valence electrons. The lowest BCUT2D eigenvalue weighted by Crippen LogP contribution is -1.97. The van der Waals surface area contributed by atoms with Crippen molar-refractivity contribution in [1.82, 2.24) is 0 Å². The van der Waals surface area contributed by atoms with Crippen molar-refractivity contribution in [3.8, 4) is 0 Å². The van der Waals surface area contributed by atoms with E-state index in [1.807, 2.05) is 30.3 Å². The molecule has 3 rings (SSSR count). The van der Waals surface area contributed by atoms with E-state index in [-0.39, 0.29) is 0 Å². The van der Waals surface area contributed by atoms with E-state index in [2.05, 4.69) is 18.2 Å². The molecule has 0 aromatic heterocycles. The zero-order chi connectivity index (χ0) is 12.4. The molecule has 0 unspecified atom stereocenters. The van der Waals surface area contributed by atoms with Crippen LogP contribution < -0.4 is 0 Å². The average Bonchev–Trinajstić information content (AvgIpc) is 2.83. The second-order valence-electron chi connectivity index (χ2n) is 4.80. The van der Waals surface area contributed by atoms with Crippen molar-refractivity contribution in [1.29, 1.82) is 0 Å². The maximum Gasteiger partial charge on any atom is 0.164 e. The topological polar surface area (TPSA) is 17.1 Å². The fraction of sp³-hybridized carbons (Fsp3) is 0.235. The quantitative estimate of drug-likeness (QED) is 0.756. The van der Waals surface area contributed by atoms with Gasteiger partial charge in [-0.1, -0.05) is 48.6 Å². The number of allylic oxidation sites excluding steroid dienone is 6. The van der Waals surface area contributed by atoms with E-state index < -0.39 is 0 Å². The standard InChI is InChI=1S/C17H16O/c18-16-12-11-15(13-7-3-1-4-8-13)17(16)14-9-5-2-6-10-14/h1-3,5-7,9-10H,4,8,11-12H2. The third kappa shape index (κ3) is 1.97. The van der Waals surface area contributed by atoms with Crippen LogP contribution in [0.15, 0.2) is 59.7 Å². The summed E-state index contributed by atoms with van der Waals surface area (Å²) >= 11 is 0. The number of rotatable bonds is 2. The van der Waals surface area contributed by atoms with E-state index >= 15 is 0 Å². The number of ketones is 1. The van der Waals surface area contributed by atoms with Gasteiger partial charge < -0.3 is 0 Å². The second-order valence-corrected chi connectivity index (χ2v) is 4.80. The van der Waals surface area contributed by atoms with Crippen molar-refractivity contribution >= 4 is 11.4 Å². The minimum absolute atomic E-state index is 0.298. The third-order valence-corrected chi connectivity index (χ3v) is 3.65. The first-order valence-corrected chi connectivity index (χ1v) is 6.54. The molecule has 1 nitrogen and oxygen atoms in total. The van der Waals surface area contributed by atoms with Gasteiger partial charge in [-0.2, -0.15) is 0 Å². The van der Waals surface area contributed by atoms with Gasteiger partial charge in [0.25, 0.3) is 0 Å². The third-order valence-electron chi connectivity index (χ3n) is 3.65. The molecule has 1 aromatic carbocycles. The first-order valence-electron chi connectivity index (χ1n) is 6.54. The van der Waals surface area contributed by atoms with Crippen LogP contribution in [0.2, 0.25) is 0 Å². The number of carbonyl (C=O) groups excluding carboxylic acids is 1. The predicted octanol–water partition coefficient (Wildman–Crippen LogP) is 4.08. The molecule has 2 aliphatic carbocycles. The Bertz CT molecular complexity index is 559. The first kappa shape index (κ1) is 11.2. The Morgan fingerprint density at radius 3 is 2.50 bits per heavy atom. The summed E-state index contributed by atoms with van der Waals surface area (Å²) < 4.78 is 0. The van der Waals surface area contributed by atoms with E-state index in [9.17, 15) is 4.79 Å². The number of Topliss-reactive ketones (excluding diaryl/α,β-unsaturated/α-hetero) is 1. The highest BCUT2D eigenvalue weighted by Gasteiger charge is 2.26. The zero-order valence-electron chi connectivity index (χ0n) is 10.4. The Balaban J connectivity index is 2.09. The van der Waals surface area contributed by atoms with Crippen molar-refractivity contribution in [2.24, 2.45) is 0 Å². The van der Waals surface area contributed by atoms with Crippen molar-refractivity contribution in [2.75, 3.05) is 0 Å². The normalized spacial score (nSPS) is 19.3. The molecule has 0 aliphatic heterocycles. The van der Waals surface area contributed by atoms with Crippen LogP contribution >= 0.6 is 0 Å². The van der Waals surface area contributed by atoms with E-state index in [1.54, 1.807) is 0 Å². The first-order chi connectivity index (χ1) is 8.86. The summed E-state index contributed by atoms with van der Waals surface area (Å²) in [6.07, 6.45) is 10.2. The Morgan fingerprint density at radius 2 is 1.78 bits per heavy atom. The van der Waals surface area contributed by atoms with E-state index in [0.29, 0.717) is 12.2 Å². The van der Waals surface area contributed by atoms with Crippen LogP contribution in [0, 0.1) is 0 Å². The Morgan fingerprint density at radius 1 is 0.944 bits per heavy atom. The van der Waals surface area contributed by atoms with Gasteiger partial charge in [-0.3, -0.25) is 4.79 Å². The number of carbonyl (C=O) groups is 1. The van der Waals surface area contributed by atoms with Gasteiger partial charge in [0.15, 0.2) is 5.78 Å². The molecule has 0 heterocycles. The smallest absolute Gasteiger partial charge is 0.164 e. The molecular formula is C17H16O. The van der Waals surface area contributed by atoms with Gasteiger partial charge in [0, 0.05) is 12.0 Å². The van der Waals surface area contributed by atoms with Crippen LogP contribution in [0.1, 0.15) is 31.2 Å². The molecule has 0 saturated heterocycles. The molecule has 1 aromatic rings. The van der Waals surface area contributed by atoms with Crippen LogP contribution in [-0.4, -0.2) is 5.78 Å². The molecular weight excluding hydrogens is 220 g/mol. The van der Waals surface area contributed by atoms with Gasteiger partial charge in [0.05, 0.1) is 0 Å². The predicted molar refractivity (Wildman–Crippen MR) is 74.1 cm³/mol. The molecule has 0 amide bonds. The lowest BCUT2D eigenvalue weighted by molar-refractivity contribution is -0.113. The Kier molecular flexibility index (Phi) is 2.97. The lowest BCUT2D eigenvalue weighted by Gasteiger charge is -2.12. The minimum atomic E-state index is 0.298. The molecule has 0 spiro atoms. The molecule has 0 N–H and O–H groups in total. The highest BCUT2D eigenvalue weighted by molar-refractivity contribution is 6.24. The molecule has 0 bridgehead atoms. The number of hydrogen-bond donors (Lipinski definition) is 0. The average molecular weight is 236 g/mol. The summed E-state index contributed by atoms with van der Waals surface area (Å²) in [6, 6.07) is 10.1. The molecule has 0 saturated carbocycles. The molecule has 0 radical (unpaired) electrons. The van der Waals surface area contributed by atoms with Gasteiger partial charge in [-0.05, 0) is 36.0 Å². The lowest BCUT2D eigenvalue weighted by atomic mass is 9.92. The van der Waals surface area contributed by atoms with Crippen LogP contribution in [0.5, 0.6) is 0 Å². The van der Waals surface area contributed by atoms with Crippen LogP contribution in [0.3, 0.4) is 0 Å². The van der Waals surface area contributed by atoms with Crippen LogP contribution in [0.25, 0.3) is 5.57 Å². The van der Waals surface area contributed by atoms with E-state index in [1.165, 1.54) is 11.1 Å². The van der Waals surface area contributed by atoms with Crippen molar-refractivity contribution in [2.45, 2.75) is 25.7 Å². The van der Waals surface area contributed by atoms with Crippen LogP contribution in [-0.2, 0) is 4.79 Å². The monoisotopic (exact) mass is 236 g/mol. The Hall–Kier alpha value is -1.89. The molecule has 0 atom stereocenters. The fourth-order valence-electron chi connectivity index (χ4n) is 2.77. The summed E-state index contributed by atoms with van der Waals surface area (Å²) in [6.45, 7) is 0. The zero-order valence-corrected chi connectivity index (χ0v) is 10.4. The molecule has 1 heteroatoms. The number of hydrogen-bond acceptors (Lipinski definition) is 1. The summed E-state index contributed by atoms with van der Waals surface area (Å²) in [7, 11) is 0. The van der Waals surface area contributed by atoms with Gasteiger partial charge in [0.1, 0.15) is 0 Å². The SMILES string of the molecule is O=C1CCC(C2=CC=CCC2)=C1c1ccccc1. The highest BCUT2D eigenvalue weighted by atomic mass is 16.1. The van der Waals surface area contributed by atoms with E-state index in [4.69, 9.17) is 0 Å². The molecule has 2 aliphatic rings. The maximum atomic E-state index is 12.1. The van der Waals surface area contributed by atoms with Crippen molar-refractivity contribution in [3.05, 3.63) is 65.3 Å². The van der Waals surface area contributed by atoms with E-state index in [0.717, 1.165) is 30.4 Å². The minimum Gasteiger partial charge on any atom is -0.294 e. The van der Waals surface area contributed by atoms with Gasteiger partial charge in [0.2, 0.25) is 0 Å². The molecule has 0 fully saturated rings. The summed E-state index contributed by atoms with van der Waals surface area (Å²) in [4.78, 5) is 12.1.